The minimum atomic E-state index is -3.67. The Bertz CT molecular complexity index is 916. The third-order valence-electron chi connectivity index (χ3n) is 3.92. The number of sulfonamides is 1. The Kier molecular flexibility index (Phi) is 6.79. The first-order valence-electron chi connectivity index (χ1n) is 8.39. The van der Waals surface area contributed by atoms with Crippen molar-refractivity contribution in [3.8, 4) is 5.75 Å². The van der Waals surface area contributed by atoms with Gasteiger partial charge in [-0.3, -0.25) is 9.10 Å². The molecule has 0 aromatic heterocycles. The number of amides is 1. The van der Waals surface area contributed by atoms with Crippen LogP contribution in [0.4, 0.5) is 15.8 Å². The van der Waals surface area contributed by atoms with Gasteiger partial charge in [-0.25, -0.2) is 12.8 Å². The van der Waals surface area contributed by atoms with Gasteiger partial charge in [-0.2, -0.15) is 0 Å². The van der Waals surface area contributed by atoms with Crippen LogP contribution in [0.3, 0.4) is 0 Å². The van der Waals surface area contributed by atoms with Gasteiger partial charge in [-0.1, -0.05) is 18.2 Å². The molecule has 0 aliphatic rings. The molecule has 0 atom stereocenters. The van der Waals surface area contributed by atoms with E-state index in [0.717, 1.165) is 16.1 Å². The van der Waals surface area contributed by atoms with E-state index in [9.17, 15) is 17.6 Å². The highest BCUT2D eigenvalue weighted by molar-refractivity contribution is 7.92. The predicted octanol–water partition coefficient (Wildman–Crippen LogP) is 3.33. The number of anilines is 2. The van der Waals surface area contributed by atoms with Crippen molar-refractivity contribution in [1.82, 2.24) is 0 Å². The summed E-state index contributed by atoms with van der Waals surface area (Å²) in [5.41, 5.74) is 1.49. The van der Waals surface area contributed by atoms with Crippen LogP contribution in [0.1, 0.15) is 18.4 Å². The molecule has 2 rings (SSSR count). The Hall–Kier alpha value is -2.61. The van der Waals surface area contributed by atoms with E-state index in [4.69, 9.17) is 4.74 Å². The van der Waals surface area contributed by atoms with Gasteiger partial charge in [0, 0.05) is 13.0 Å². The van der Waals surface area contributed by atoms with Crippen LogP contribution in [-0.2, 0) is 14.8 Å². The lowest BCUT2D eigenvalue weighted by Crippen LogP contribution is -2.32. The Labute approximate surface area is 159 Å². The van der Waals surface area contributed by atoms with E-state index in [1.165, 1.54) is 25.3 Å². The largest absolute Gasteiger partial charge is 0.495 e. The van der Waals surface area contributed by atoms with Crippen LogP contribution < -0.4 is 14.4 Å². The first kappa shape index (κ1) is 20.7. The Morgan fingerprint density at radius 2 is 1.93 bits per heavy atom. The van der Waals surface area contributed by atoms with E-state index in [1.54, 1.807) is 18.2 Å². The summed E-state index contributed by atoms with van der Waals surface area (Å²) in [7, 11) is -2.16. The number of carbonyl (C=O) groups is 1. The topological polar surface area (TPSA) is 75.7 Å². The second-order valence-electron chi connectivity index (χ2n) is 6.14. The van der Waals surface area contributed by atoms with E-state index in [2.05, 4.69) is 5.32 Å². The standard InChI is InChI=1S/C19H23FN2O4S/c1-14-10-11-18(26-2)16(13-14)21-19(23)9-6-12-22(27(3,24)25)17-8-5-4-7-15(17)20/h4-5,7-8,10-11,13H,6,9,12H2,1-3H3,(H,21,23). The summed E-state index contributed by atoms with van der Waals surface area (Å²) in [5, 5.41) is 2.76. The van der Waals surface area contributed by atoms with Crippen molar-refractivity contribution < 1.29 is 22.3 Å². The van der Waals surface area contributed by atoms with Gasteiger partial charge in [0.15, 0.2) is 0 Å². The molecule has 0 saturated carbocycles. The minimum Gasteiger partial charge on any atom is -0.495 e. The number of halogens is 1. The molecular formula is C19H23FN2O4S. The van der Waals surface area contributed by atoms with Crippen LogP contribution in [0.2, 0.25) is 0 Å². The van der Waals surface area contributed by atoms with Gasteiger partial charge in [0.05, 0.1) is 24.7 Å². The predicted molar refractivity (Wildman–Crippen MR) is 104 cm³/mol. The maximum absolute atomic E-state index is 14.0. The van der Waals surface area contributed by atoms with Crippen LogP contribution in [0.15, 0.2) is 42.5 Å². The van der Waals surface area contributed by atoms with Gasteiger partial charge >= 0.3 is 0 Å². The molecule has 0 unspecified atom stereocenters. The average molecular weight is 394 g/mol. The van der Waals surface area contributed by atoms with Crippen LogP contribution in [0.25, 0.3) is 0 Å². The maximum atomic E-state index is 14.0. The highest BCUT2D eigenvalue weighted by atomic mass is 32.2. The molecule has 0 radical (unpaired) electrons. The van der Waals surface area contributed by atoms with Gasteiger partial charge in [-0.15, -0.1) is 0 Å². The second kappa shape index (κ2) is 8.85. The molecule has 0 bridgehead atoms. The number of rotatable bonds is 8. The fraction of sp³-hybridized carbons (Fsp3) is 0.316. The van der Waals surface area contributed by atoms with Crippen molar-refractivity contribution in [2.45, 2.75) is 19.8 Å². The first-order valence-corrected chi connectivity index (χ1v) is 10.2. The fourth-order valence-corrected chi connectivity index (χ4v) is 3.60. The van der Waals surface area contributed by atoms with E-state index in [0.29, 0.717) is 11.4 Å². The Morgan fingerprint density at radius 3 is 2.56 bits per heavy atom. The normalized spacial score (nSPS) is 11.1. The zero-order valence-electron chi connectivity index (χ0n) is 15.5. The van der Waals surface area contributed by atoms with Crippen LogP contribution >= 0.6 is 0 Å². The number of ether oxygens (including phenoxy) is 1. The number of aryl methyl sites for hydroxylation is 1. The van der Waals surface area contributed by atoms with Crippen LogP contribution in [-0.4, -0.2) is 34.2 Å². The zero-order chi connectivity index (χ0) is 20.0. The highest BCUT2D eigenvalue weighted by Gasteiger charge is 2.20. The molecule has 8 heteroatoms. The number of methoxy groups -OCH3 is 1. The fourth-order valence-electron chi connectivity index (χ4n) is 2.63. The molecule has 1 N–H and O–H groups in total. The Balaban J connectivity index is 2.02. The summed E-state index contributed by atoms with van der Waals surface area (Å²) >= 11 is 0. The molecule has 27 heavy (non-hydrogen) atoms. The lowest BCUT2D eigenvalue weighted by atomic mass is 10.2. The van der Waals surface area contributed by atoms with E-state index in [1.807, 2.05) is 13.0 Å². The third kappa shape index (κ3) is 5.68. The zero-order valence-corrected chi connectivity index (χ0v) is 16.3. The summed E-state index contributed by atoms with van der Waals surface area (Å²) in [5.74, 6) is -0.365. The number of para-hydroxylation sites is 1. The first-order chi connectivity index (χ1) is 12.7. The minimum absolute atomic E-state index is 0.00185. The number of nitrogens with one attached hydrogen (secondary N) is 1. The SMILES string of the molecule is COc1ccc(C)cc1NC(=O)CCCN(c1ccccc1F)S(C)(=O)=O. The van der Waals surface area contributed by atoms with Crippen LogP contribution in [0.5, 0.6) is 5.75 Å². The van der Waals surface area contributed by atoms with Gasteiger partial charge in [0.1, 0.15) is 11.6 Å². The molecule has 0 saturated heterocycles. The number of nitrogens with zero attached hydrogens (tertiary/aromatic N) is 1. The van der Waals surface area contributed by atoms with Gasteiger partial charge in [0.2, 0.25) is 15.9 Å². The molecule has 0 fully saturated rings. The summed E-state index contributed by atoms with van der Waals surface area (Å²) < 4.78 is 44.2. The van der Waals surface area contributed by atoms with Crippen LogP contribution in [0, 0.1) is 12.7 Å². The van der Waals surface area contributed by atoms with Crippen molar-refractivity contribution in [1.29, 1.82) is 0 Å². The van der Waals surface area contributed by atoms with Crippen molar-refractivity contribution in [2.24, 2.45) is 0 Å². The van der Waals surface area contributed by atoms with Crippen molar-refractivity contribution in [3.63, 3.8) is 0 Å². The molecule has 0 aliphatic heterocycles. The number of hydrogen-bond donors (Lipinski definition) is 1. The maximum Gasteiger partial charge on any atom is 0.232 e. The molecule has 0 heterocycles. The molecule has 2 aromatic carbocycles. The molecule has 1 amide bonds. The third-order valence-corrected chi connectivity index (χ3v) is 5.10. The molecule has 146 valence electrons. The second-order valence-corrected chi connectivity index (χ2v) is 8.05. The van der Waals surface area contributed by atoms with Crippen molar-refractivity contribution in [2.75, 3.05) is 29.5 Å². The number of benzene rings is 2. The van der Waals surface area contributed by atoms with Gasteiger partial charge in [0.25, 0.3) is 0 Å². The summed E-state index contributed by atoms with van der Waals surface area (Å²) in [6.45, 7) is 1.89. The molecule has 0 spiro atoms. The quantitative estimate of drug-likeness (QED) is 0.745. The van der Waals surface area contributed by atoms with E-state index in [-0.39, 0.29) is 31.0 Å². The van der Waals surface area contributed by atoms with Gasteiger partial charge < -0.3 is 10.1 Å². The highest BCUT2D eigenvalue weighted by Crippen LogP contribution is 2.26. The number of carbonyl (C=O) groups excluding carboxylic acids is 1. The van der Waals surface area contributed by atoms with E-state index < -0.39 is 15.8 Å². The summed E-state index contributed by atoms with van der Waals surface area (Å²) in [6, 6.07) is 11.1. The lowest BCUT2D eigenvalue weighted by Gasteiger charge is -2.22. The van der Waals surface area contributed by atoms with Crippen molar-refractivity contribution in [3.05, 3.63) is 53.8 Å². The average Bonchev–Trinajstić information content (AvgIpc) is 2.59. The molecule has 0 aliphatic carbocycles. The van der Waals surface area contributed by atoms with Gasteiger partial charge in [-0.05, 0) is 43.2 Å². The molecular weight excluding hydrogens is 371 g/mol. The lowest BCUT2D eigenvalue weighted by molar-refractivity contribution is -0.116. The molecule has 6 nitrogen and oxygen atoms in total. The number of hydrogen-bond acceptors (Lipinski definition) is 4. The summed E-state index contributed by atoms with van der Waals surface area (Å²) in [6.07, 6.45) is 1.33. The van der Waals surface area contributed by atoms with E-state index >= 15 is 0 Å². The Morgan fingerprint density at radius 1 is 1.22 bits per heavy atom. The monoisotopic (exact) mass is 394 g/mol. The summed E-state index contributed by atoms with van der Waals surface area (Å²) in [4.78, 5) is 12.2. The van der Waals surface area contributed by atoms with Crippen molar-refractivity contribution >= 4 is 27.3 Å². The molecule has 2 aromatic rings. The smallest absolute Gasteiger partial charge is 0.232 e.